The number of rotatable bonds is 16. The minimum atomic E-state index is 0. The van der Waals surface area contributed by atoms with Gasteiger partial charge < -0.3 is 49.0 Å². The third-order valence-corrected chi connectivity index (χ3v) is 9.20. The smallest absolute Gasteiger partial charge is 0.657 e. The molecule has 0 atom stereocenters. The first kappa shape index (κ1) is 47.0. The van der Waals surface area contributed by atoms with Crippen LogP contribution in [0, 0.1) is 51.7 Å². The summed E-state index contributed by atoms with van der Waals surface area (Å²) in [6.45, 7) is 10.0. The SMILES string of the molecule is CCc1c(CC)c2cc3nc(cnc4cc(OCCOC)c(OCCOC)cc4ncc4nc(cc1[n-]2)C(CCCO)=C4C)C(C)=C3CCCO.[CH3-].[CH3-].[Lu+3]. The molecule has 54 heavy (non-hydrogen) atoms. The zero-order valence-electron chi connectivity index (χ0n) is 33.0. The van der Waals surface area contributed by atoms with E-state index in [0.29, 0.717) is 74.6 Å². The average molecular weight is 902 g/mol. The van der Waals surface area contributed by atoms with Gasteiger partial charge in [0, 0.05) is 39.6 Å². The summed E-state index contributed by atoms with van der Waals surface area (Å²) in [4.78, 5) is 25.2. The topological polar surface area (TPSA) is 143 Å². The van der Waals surface area contributed by atoms with E-state index in [0.717, 1.165) is 68.9 Å². The van der Waals surface area contributed by atoms with Crippen LogP contribution in [0.3, 0.4) is 0 Å². The molecular formula is C42H56LuN5O6. The van der Waals surface area contributed by atoms with E-state index in [2.05, 4.69) is 26.0 Å². The number of benzene rings is 1. The second kappa shape index (κ2) is 23.0. The maximum atomic E-state index is 9.74. The Kier molecular flexibility index (Phi) is 20.0. The van der Waals surface area contributed by atoms with Gasteiger partial charge in [0.15, 0.2) is 11.5 Å². The molecule has 6 bridgehead atoms. The fourth-order valence-electron chi connectivity index (χ4n) is 6.45. The Morgan fingerprint density at radius 1 is 0.611 bits per heavy atom. The van der Waals surface area contributed by atoms with Crippen LogP contribution in [-0.4, -0.2) is 84.0 Å². The molecule has 0 spiro atoms. The van der Waals surface area contributed by atoms with E-state index in [1.807, 2.05) is 26.0 Å². The first-order chi connectivity index (χ1) is 24.9. The number of aliphatic hydroxyl groups excluding tert-OH is 2. The quantitative estimate of drug-likeness (QED) is 0.109. The van der Waals surface area contributed by atoms with Crippen molar-refractivity contribution in [1.29, 1.82) is 0 Å². The van der Waals surface area contributed by atoms with Crippen molar-refractivity contribution >= 4 is 44.4 Å². The van der Waals surface area contributed by atoms with Gasteiger partial charge in [-0.1, -0.05) is 37.1 Å². The Hall–Kier alpha value is -3.19. The molecule has 2 aromatic heterocycles. The summed E-state index contributed by atoms with van der Waals surface area (Å²) in [6, 6.07) is 7.79. The number of allylic oxidation sites excluding steroid dienone is 4. The number of hydrogen-bond acceptors (Lipinski definition) is 10. The Morgan fingerprint density at radius 2 is 1.02 bits per heavy atom. The van der Waals surface area contributed by atoms with Crippen LogP contribution in [0.2, 0.25) is 0 Å². The summed E-state index contributed by atoms with van der Waals surface area (Å²) in [5.74, 6) is 1.01. The van der Waals surface area contributed by atoms with E-state index < -0.39 is 0 Å². The fourth-order valence-corrected chi connectivity index (χ4v) is 6.45. The van der Waals surface area contributed by atoms with Gasteiger partial charge in [0.2, 0.25) is 0 Å². The van der Waals surface area contributed by atoms with E-state index in [-0.39, 0.29) is 64.9 Å². The number of hydrogen-bond donors (Lipinski definition) is 2. The van der Waals surface area contributed by atoms with Gasteiger partial charge >= 0.3 is 36.9 Å². The molecule has 2 aliphatic heterocycles. The molecular weight excluding hydrogens is 845 g/mol. The molecule has 0 saturated carbocycles. The van der Waals surface area contributed by atoms with Gasteiger partial charge in [-0.05, 0) is 74.7 Å². The minimum Gasteiger partial charge on any atom is -0.657 e. The summed E-state index contributed by atoms with van der Waals surface area (Å²) in [6.07, 6.45) is 7.74. The second-order valence-electron chi connectivity index (χ2n) is 12.4. The largest absolute Gasteiger partial charge is 3.00 e. The van der Waals surface area contributed by atoms with Crippen molar-refractivity contribution in [2.45, 2.75) is 66.2 Å². The van der Waals surface area contributed by atoms with Crippen LogP contribution in [0.4, 0.5) is 0 Å². The summed E-state index contributed by atoms with van der Waals surface area (Å²) in [5, 5.41) is 19.5. The van der Waals surface area contributed by atoms with Crippen molar-refractivity contribution in [2.24, 2.45) is 0 Å². The van der Waals surface area contributed by atoms with Crippen LogP contribution >= 0.6 is 0 Å². The summed E-state index contributed by atoms with van der Waals surface area (Å²) in [5.41, 5.74) is 12.5. The first-order valence-electron chi connectivity index (χ1n) is 17.8. The molecule has 4 heterocycles. The molecule has 5 rings (SSSR count). The normalized spacial score (nSPS) is 12.1. The zero-order chi connectivity index (χ0) is 36.3. The van der Waals surface area contributed by atoms with Gasteiger partial charge in [0.05, 0.1) is 59.4 Å². The Balaban J connectivity index is 0.00000336. The molecule has 0 unspecified atom stereocenters. The predicted molar refractivity (Wildman–Crippen MR) is 214 cm³/mol. The van der Waals surface area contributed by atoms with Crippen LogP contribution in [0.5, 0.6) is 11.5 Å². The van der Waals surface area contributed by atoms with Crippen molar-refractivity contribution in [3.8, 4) is 11.5 Å². The number of aliphatic hydroxyl groups is 2. The molecule has 0 amide bonds. The molecule has 3 aromatic rings. The molecule has 0 aliphatic carbocycles. The number of methoxy groups -OCH3 is 2. The van der Waals surface area contributed by atoms with Crippen LogP contribution < -0.4 is 14.5 Å². The van der Waals surface area contributed by atoms with Crippen molar-refractivity contribution in [2.75, 3.05) is 53.9 Å². The molecule has 12 heteroatoms. The maximum absolute atomic E-state index is 9.74. The molecule has 1 aromatic carbocycles. The van der Waals surface area contributed by atoms with E-state index in [4.69, 9.17) is 43.9 Å². The van der Waals surface area contributed by atoms with Crippen molar-refractivity contribution < 1.29 is 66.0 Å². The molecule has 0 radical (unpaired) electrons. The Bertz CT molecular complexity index is 1840. The number of aromatic nitrogens is 5. The van der Waals surface area contributed by atoms with Gasteiger partial charge in [-0.3, -0.25) is 9.97 Å². The second-order valence-corrected chi connectivity index (χ2v) is 12.4. The Labute approximate surface area is 350 Å². The molecule has 11 nitrogen and oxygen atoms in total. The van der Waals surface area contributed by atoms with Crippen LogP contribution in [0.25, 0.3) is 44.4 Å². The minimum absolute atomic E-state index is 0. The van der Waals surface area contributed by atoms with Crippen molar-refractivity contribution in [3.63, 3.8) is 0 Å². The fraction of sp³-hybridized carbons (Fsp3) is 0.429. The number of fused-ring (bicyclic) bond motifs is 7. The molecule has 300 valence electrons. The van der Waals surface area contributed by atoms with E-state index in [1.165, 1.54) is 11.1 Å². The van der Waals surface area contributed by atoms with Crippen LogP contribution in [-0.2, 0) is 22.3 Å². The van der Waals surface area contributed by atoms with E-state index in [1.54, 1.807) is 26.6 Å². The van der Waals surface area contributed by atoms with E-state index in [9.17, 15) is 10.2 Å². The summed E-state index contributed by atoms with van der Waals surface area (Å²) in [7, 11) is 3.25. The van der Waals surface area contributed by atoms with Gasteiger partial charge in [-0.25, -0.2) is 9.97 Å². The molecule has 2 aliphatic rings. The third kappa shape index (κ3) is 11.0. The van der Waals surface area contributed by atoms with Gasteiger partial charge in [0.1, 0.15) is 13.2 Å². The summed E-state index contributed by atoms with van der Waals surface area (Å²) < 4.78 is 22.6. The monoisotopic (exact) mass is 901 g/mol. The maximum Gasteiger partial charge on any atom is 3.00 e. The summed E-state index contributed by atoms with van der Waals surface area (Å²) >= 11 is 0. The van der Waals surface area contributed by atoms with Gasteiger partial charge in [-0.2, -0.15) is 0 Å². The number of ether oxygens (including phenoxy) is 4. The third-order valence-electron chi connectivity index (χ3n) is 9.20. The van der Waals surface area contributed by atoms with Crippen LogP contribution in [0.15, 0.2) is 36.7 Å². The van der Waals surface area contributed by atoms with Crippen molar-refractivity contribution in [1.82, 2.24) is 24.9 Å². The van der Waals surface area contributed by atoms with Gasteiger partial charge in [-0.15, -0.1) is 11.0 Å². The first-order valence-corrected chi connectivity index (χ1v) is 17.8. The average Bonchev–Trinajstić information content (AvgIpc) is 3.73. The van der Waals surface area contributed by atoms with Crippen LogP contribution in [0.1, 0.15) is 87.3 Å². The standard InChI is InChI=1S/C40H50N5O6.2CH3.Lu/c1-7-27-28(8-2)32-20-34-30(12-10-14-47)26(4)38(45-34)24-42-36-22-40(51-18-16-49-6)39(50-17-15-48-5)21-35(36)41-23-37-25(3)29(11-9-13-46)33(44-37)19-31(27)43-32;;;/h19-24,46-47H,7-18H2,1-6H3;2*1H3;/q3*-1;+3. The Morgan fingerprint density at radius 3 is 1.37 bits per heavy atom. The molecule has 0 saturated heterocycles. The van der Waals surface area contributed by atoms with Gasteiger partial charge in [0.25, 0.3) is 0 Å². The molecule has 2 N–H and O–H groups in total. The predicted octanol–water partition coefficient (Wildman–Crippen LogP) is 7.45. The molecule has 0 fully saturated rings. The number of nitrogens with zero attached hydrogens (tertiary/aromatic N) is 5. The number of aryl methyl sites for hydroxylation is 2. The zero-order valence-corrected chi connectivity index (χ0v) is 34.6. The van der Waals surface area contributed by atoms with Crippen molar-refractivity contribution in [3.05, 3.63) is 85.4 Å². The van der Waals surface area contributed by atoms with E-state index >= 15 is 0 Å².